The van der Waals surface area contributed by atoms with Gasteiger partial charge in [-0.2, -0.15) is 13.2 Å². The zero-order chi connectivity index (χ0) is 10.8. The van der Waals surface area contributed by atoms with Crippen molar-refractivity contribution in [1.82, 2.24) is 4.98 Å². The summed E-state index contributed by atoms with van der Waals surface area (Å²) >= 11 is 0. The molecule has 0 fully saturated rings. The molecule has 0 spiro atoms. The number of aryl methyl sites for hydroxylation is 2. The van der Waals surface area contributed by atoms with Gasteiger partial charge in [-0.1, -0.05) is 19.4 Å². The summed E-state index contributed by atoms with van der Waals surface area (Å²) < 4.78 is 36.9. The van der Waals surface area contributed by atoms with Gasteiger partial charge in [-0.15, -0.1) is 0 Å². The lowest BCUT2D eigenvalue weighted by Gasteiger charge is -2.09. The molecule has 0 aromatic carbocycles. The van der Waals surface area contributed by atoms with Gasteiger partial charge in [-0.3, -0.25) is 4.98 Å². The first-order chi connectivity index (χ1) is 6.45. The summed E-state index contributed by atoms with van der Waals surface area (Å²) in [5.41, 5.74) is 0.277. The van der Waals surface area contributed by atoms with Crippen molar-refractivity contribution in [2.24, 2.45) is 0 Å². The molecule has 0 aliphatic heterocycles. The molecule has 0 amide bonds. The van der Waals surface area contributed by atoms with Gasteiger partial charge in [-0.05, 0) is 24.5 Å². The second-order valence-corrected chi connectivity index (χ2v) is 3.26. The number of aromatic nitrogens is 1. The van der Waals surface area contributed by atoms with Crippen molar-refractivity contribution >= 4 is 0 Å². The Morgan fingerprint density at radius 3 is 2.43 bits per heavy atom. The summed E-state index contributed by atoms with van der Waals surface area (Å²) in [5.74, 6) is 0. The molecule has 0 aliphatic carbocycles. The Balaban J connectivity index is 3.02. The zero-order valence-electron chi connectivity index (χ0n) is 8.15. The first-order valence-electron chi connectivity index (χ1n) is 4.48. The van der Waals surface area contributed by atoms with E-state index in [9.17, 15) is 13.2 Å². The number of pyridine rings is 1. The predicted octanol–water partition coefficient (Wildman–Crippen LogP) is 3.36. The van der Waals surface area contributed by atoms with Crippen molar-refractivity contribution < 1.29 is 13.2 Å². The van der Waals surface area contributed by atoms with Crippen LogP contribution in [-0.2, 0) is 12.6 Å². The van der Waals surface area contributed by atoms with Crippen LogP contribution < -0.4 is 0 Å². The molecule has 0 unspecified atom stereocenters. The first kappa shape index (κ1) is 11.0. The van der Waals surface area contributed by atoms with Crippen LogP contribution in [0.4, 0.5) is 13.2 Å². The van der Waals surface area contributed by atoms with Crippen molar-refractivity contribution in [3.8, 4) is 0 Å². The van der Waals surface area contributed by atoms with Gasteiger partial charge < -0.3 is 0 Å². The molecule has 0 radical (unpaired) electrons. The Morgan fingerprint density at radius 2 is 2.00 bits per heavy atom. The standard InChI is InChI=1S/C10H12F3N/c1-3-4-8-5-7(2)9(14-6-8)10(11,12)13/h5-6H,3-4H2,1-2H3. The minimum absolute atomic E-state index is 0.198. The van der Waals surface area contributed by atoms with Crippen LogP contribution in [0.3, 0.4) is 0 Å². The number of alkyl halides is 3. The van der Waals surface area contributed by atoms with Crippen molar-refractivity contribution in [1.29, 1.82) is 0 Å². The van der Waals surface area contributed by atoms with Gasteiger partial charge in [0.2, 0.25) is 0 Å². The third kappa shape index (κ3) is 2.47. The van der Waals surface area contributed by atoms with E-state index in [1.165, 1.54) is 13.1 Å². The van der Waals surface area contributed by atoms with E-state index in [1.54, 1.807) is 6.07 Å². The van der Waals surface area contributed by atoms with E-state index in [0.29, 0.717) is 0 Å². The molecule has 0 saturated heterocycles. The number of nitrogens with zero attached hydrogens (tertiary/aromatic N) is 1. The lowest BCUT2D eigenvalue weighted by molar-refractivity contribution is -0.141. The molecule has 1 aromatic rings. The average Bonchev–Trinajstić information content (AvgIpc) is 2.02. The quantitative estimate of drug-likeness (QED) is 0.718. The van der Waals surface area contributed by atoms with Crippen LogP contribution in [0.15, 0.2) is 12.3 Å². The Morgan fingerprint density at radius 1 is 1.36 bits per heavy atom. The minimum atomic E-state index is -4.34. The lowest BCUT2D eigenvalue weighted by Crippen LogP contribution is -2.10. The van der Waals surface area contributed by atoms with Gasteiger partial charge in [0.15, 0.2) is 0 Å². The summed E-state index contributed by atoms with van der Waals surface area (Å²) in [6.07, 6.45) is -1.35. The van der Waals surface area contributed by atoms with E-state index in [1.807, 2.05) is 6.92 Å². The highest BCUT2D eigenvalue weighted by molar-refractivity contribution is 5.26. The monoisotopic (exact) mass is 203 g/mol. The van der Waals surface area contributed by atoms with Gasteiger partial charge >= 0.3 is 6.18 Å². The first-order valence-corrected chi connectivity index (χ1v) is 4.48. The zero-order valence-corrected chi connectivity index (χ0v) is 8.15. The van der Waals surface area contributed by atoms with Gasteiger partial charge in [0.25, 0.3) is 0 Å². The fraction of sp³-hybridized carbons (Fsp3) is 0.500. The van der Waals surface area contributed by atoms with E-state index in [4.69, 9.17) is 0 Å². The number of halogens is 3. The van der Waals surface area contributed by atoms with E-state index >= 15 is 0 Å². The SMILES string of the molecule is CCCc1cnc(C(F)(F)F)c(C)c1. The number of hydrogen-bond acceptors (Lipinski definition) is 1. The number of hydrogen-bond donors (Lipinski definition) is 0. The molecule has 0 bridgehead atoms. The third-order valence-corrected chi connectivity index (χ3v) is 1.94. The van der Waals surface area contributed by atoms with Gasteiger partial charge in [0, 0.05) is 6.20 Å². The molecule has 0 saturated carbocycles. The molecular weight excluding hydrogens is 191 g/mol. The Kier molecular flexibility index (Phi) is 3.13. The maximum absolute atomic E-state index is 12.3. The van der Waals surface area contributed by atoms with Crippen LogP contribution in [0.1, 0.15) is 30.2 Å². The van der Waals surface area contributed by atoms with Crippen LogP contribution in [0.2, 0.25) is 0 Å². The van der Waals surface area contributed by atoms with Gasteiger partial charge in [0.05, 0.1) is 0 Å². The second kappa shape index (κ2) is 3.98. The summed E-state index contributed by atoms with van der Waals surface area (Å²) in [6.45, 7) is 3.42. The summed E-state index contributed by atoms with van der Waals surface area (Å²) in [4.78, 5) is 3.44. The van der Waals surface area contributed by atoms with Crippen molar-refractivity contribution in [2.45, 2.75) is 32.9 Å². The van der Waals surface area contributed by atoms with E-state index in [0.717, 1.165) is 18.4 Å². The maximum atomic E-state index is 12.3. The predicted molar refractivity (Wildman–Crippen MR) is 48.0 cm³/mol. The molecule has 0 N–H and O–H groups in total. The molecule has 1 heterocycles. The highest BCUT2D eigenvalue weighted by Crippen LogP contribution is 2.30. The molecule has 1 rings (SSSR count). The Labute approximate surface area is 81.0 Å². The smallest absolute Gasteiger partial charge is 0.251 e. The van der Waals surface area contributed by atoms with Crippen LogP contribution in [0.25, 0.3) is 0 Å². The fourth-order valence-corrected chi connectivity index (χ4v) is 1.36. The molecule has 0 aliphatic rings. The highest BCUT2D eigenvalue weighted by atomic mass is 19.4. The third-order valence-electron chi connectivity index (χ3n) is 1.94. The van der Waals surface area contributed by atoms with Crippen LogP contribution in [0.5, 0.6) is 0 Å². The topological polar surface area (TPSA) is 12.9 Å². The normalized spacial score (nSPS) is 11.8. The van der Waals surface area contributed by atoms with E-state index in [-0.39, 0.29) is 5.56 Å². The summed E-state index contributed by atoms with van der Waals surface area (Å²) in [6, 6.07) is 1.55. The highest BCUT2D eigenvalue weighted by Gasteiger charge is 2.34. The van der Waals surface area contributed by atoms with Crippen molar-refractivity contribution in [3.63, 3.8) is 0 Å². The van der Waals surface area contributed by atoms with E-state index in [2.05, 4.69) is 4.98 Å². The largest absolute Gasteiger partial charge is 0.433 e. The van der Waals surface area contributed by atoms with Crippen LogP contribution in [-0.4, -0.2) is 4.98 Å². The molecule has 78 valence electrons. The average molecular weight is 203 g/mol. The summed E-state index contributed by atoms with van der Waals surface area (Å²) in [7, 11) is 0. The summed E-state index contributed by atoms with van der Waals surface area (Å²) in [5, 5.41) is 0. The molecule has 1 nitrogen and oxygen atoms in total. The molecule has 1 aromatic heterocycles. The Bertz CT molecular complexity index is 318. The minimum Gasteiger partial charge on any atom is -0.251 e. The second-order valence-electron chi connectivity index (χ2n) is 3.26. The van der Waals surface area contributed by atoms with Crippen molar-refractivity contribution in [3.05, 3.63) is 29.1 Å². The fourth-order valence-electron chi connectivity index (χ4n) is 1.36. The van der Waals surface area contributed by atoms with Gasteiger partial charge in [0.1, 0.15) is 5.69 Å². The van der Waals surface area contributed by atoms with Crippen LogP contribution in [0, 0.1) is 6.92 Å². The molecule has 0 atom stereocenters. The molecule has 4 heteroatoms. The number of rotatable bonds is 2. The van der Waals surface area contributed by atoms with Crippen LogP contribution >= 0.6 is 0 Å². The van der Waals surface area contributed by atoms with Gasteiger partial charge in [-0.25, -0.2) is 0 Å². The van der Waals surface area contributed by atoms with E-state index < -0.39 is 11.9 Å². The Hall–Kier alpha value is -1.06. The molecular formula is C10H12F3N. The maximum Gasteiger partial charge on any atom is 0.433 e. The molecule has 14 heavy (non-hydrogen) atoms. The van der Waals surface area contributed by atoms with Crippen molar-refractivity contribution in [2.75, 3.05) is 0 Å². The lowest BCUT2D eigenvalue weighted by atomic mass is 10.1.